The van der Waals surface area contributed by atoms with Crippen LogP contribution in [-0.2, 0) is 9.59 Å². The summed E-state index contributed by atoms with van der Waals surface area (Å²) < 4.78 is 5.69. The molecule has 96 valence electrons. The molecule has 6 nitrogen and oxygen atoms in total. The van der Waals surface area contributed by atoms with Gasteiger partial charge >= 0.3 is 5.97 Å². The highest BCUT2D eigenvalue weighted by atomic mass is 79.9. The summed E-state index contributed by atoms with van der Waals surface area (Å²) >= 11 is 3.21. The minimum Gasteiger partial charge on any atom is -0.481 e. The third kappa shape index (κ3) is 2.31. The Balaban J connectivity index is 2.32. The minimum atomic E-state index is -0.963. The van der Waals surface area contributed by atoms with Crippen molar-refractivity contribution in [2.24, 2.45) is 5.92 Å². The molecule has 0 radical (unpaired) electrons. The van der Waals surface area contributed by atoms with Crippen LogP contribution in [0.4, 0.5) is 5.69 Å². The van der Waals surface area contributed by atoms with Gasteiger partial charge in [-0.1, -0.05) is 0 Å². The van der Waals surface area contributed by atoms with Crippen molar-refractivity contribution in [3.8, 4) is 5.88 Å². The Kier molecular flexibility index (Phi) is 3.51. The molecule has 1 amide bonds. The molecular formula is C11H11BrN2O4. The lowest BCUT2D eigenvalue weighted by molar-refractivity contribution is -0.141. The number of pyridine rings is 1. The zero-order chi connectivity index (χ0) is 13.3. The Bertz CT molecular complexity index is 506. The Labute approximate surface area is 112 Å². The van der Waals surface area contributed by atoms with Crippen molar-refractivity contribution in [2.75, 3.05) is 18.6 Å². The lowest BCUT2D eigenvalue weighted by Gasteiger charge is -2.18. The summed E-state index contributed by atoms with van der Waals surface area (Å²) in [6.07, 6.45) is 0.00848. The Morgan fingerprint density at radius 1 is 1.61 bits per heavy atom. The molecule has 0 bridgehead atoms. The first kappa shape index (κ1) is 12.8. The highest BCUT2D eigenvalue weighted by Gasteiger charge is 2.36. The molecule has 0 spiro atoms. The van der Waals surface area contributed by atoms with Crippen molar-refractivity contribution in [1.82, 2.24) is 4.98 Å². The Morgan fingerprint density at radius 2 is 2.33 bits per heavy atom. The van der Waals surface area contributed by atoms with E-state index < -0.39 is 11.9 Å². The molecule has 0 saturated carbocycles. The second-order valence-corrected chi connectivity index (χ2v) is 4.72. The van der Waals surface area contributed by atoms with Crippen molar-refractivity contribution in [1.29, 1.82) is 0 Å². The topological polar surface area (TPSA) is 79.7 Å². The summed E-state index contributed by atoms with van der Waals surface area (Å²) in [7, 11) is 1.45. The van der Waals surface area contributed by atoms with E-state index in [1.54, 1.807) is 12.1 Å². The van der Waals surface area contributed by atoms with Crippen LogP contribution in [-0.4, -0.2) is 35.6 Å². The largest absolute Gasteiger partial charge is 0.481 e. The molecule has 1 N–H and O–H groups in total. The summed E-state index contributed by atoms with van der Waals surface area (Å²) in [5, 5.41) is 8.93. The fourth-order valence-corrected chi connectivity index (χ4v) is 2.17. The van der Waals surface area contributed by atoms with Crippen LogP contribution < -0.4 is 9.64 Å². The number of halogens is 1. The van der Waals surface area contributed by atoms with Crippen LogP contribution in [0.3, 0.4) is 0 Å². The number of aliphatic carboxylic acids is 1. The van der Waals surface area contributed by atoms with Gasteiger partial charge in [-0.25, -0.2) is 4.98 Å². The lowest BCUT2D eigenvalue weighted by Crippen LogP contribution is -2.26. The number of hydrogen-bond acceptors (Lipinski definition) is 4. The summed E-state index contributed by atoms with van der Waals surface area (Å²) in [5.41, 5.74) is 0.495. The van der Waals surface area contributed by atoms with Gasteiger partial charge in [0.05, 0.1) is 13.0 Å². The van der Waals surface area contributed by atoms with E-state index in [2.05, 4.69) is 20.9 Å². The summed E-state index contributed by atoms with van der Waals surface area (Å²) in [4.78, 5) is 28.2. The monoisotopic (exact) mass is 314 g/mol. The summed E-state index contributed by atoms with van der Waals surface area (Å²) in [5.74, 6) is -1.57. The molecule has 1 aromatic rings. The first-order valence-corrected chi connectivity index (χ1v) is 6.06. The molecule has 1 saturated heterocycles. The molecule has 7 heteroatoms. The quantitative estimate of drug-likeness (QED) is 0.850. The van der Waals surface area contributed by atoms with Gasteiger partial charge in [0.15, 0.2) is 0 Å². The van der Waals surface area contributed by atoms with E-state index in [0.717, 1.165) is 0 Å². The molecule has 18 heavy (non-hydrogen) atoms. The third-order valence-corrected chi connectivity index (χ3v) is 3.21. The van der Waals surface area contributed by atoms with Crippen LogP contribution in [0.15, 0.2) is 16.7 Å². The number of aromatic nitrogens is 1. The summed E-state index contributed by atoms with van der Waals surface area (Å²) in [6, 6.07) is 3.36. The Hall–Kier alpha value is -1.63. The number of ether oxygens (including phenoxy) is 1. The number of hydrogen-bond donors (Lipinski definition) is 1. The van der Waals surface area contributed by atoms with Crippen molar-refractivity contribution in [2.45, 2.75) is 6.42 Å². The highest BCUT2D eigenvalue weighted by Crippen LogP contribution is 2.32. The van der Waals surface area contributed by atoms with Gasteiger partial charge in [0.1, 0.15) is 10.3 Å². The summed E-state index contributed by atoms with van der Waals surface area (Å²) in [6.45, 7) is 0.147. The van der Waals surface area contributed by atoms with Crippen LogP contribution in [0.1, 0.15) is 6.42 Å². The van der Waals surface area contributed by atoms with Crippen LogP contribution in [0.2, 0.25) is 0 Å². The van der Waals surface area contributed by atoms with E-state index in [4.69, 9.17) is 9.84 Å². The molecule has 2 rings (SSSR count). The predicted octanol–water partition coefficient (Wildman–Crippen LogP) is 1.29. The fourth-order valence-electron chi connectivity index (χ4n) is 1.87. The van der Waals surface area contributed by atoms with Gasteiger partial charge in [0.25, 0.3) is 0 Å². The standard InChI is InChI=1S/C11H11BrN2O4/c1-18-10-7(2-3-8(12)13-10)14-5-6(11(16)17)4-9(14)15/h2-3,6H,4-5H2,1H3,(H,16,17). The molecule has 2 heterocycles. The number of carbonyl (C=O) groups is 2. The molecular weight excluding hydrogens is 304 g/mol. The van der Waals surface area contributed by atoms with Gasteiger partial charge in [-0.3, -0.25) is 9.59 Å². The van der Waals surface area contributed by atoms with Gasteiger partial charge < -0.3 is 14.7 Å². The molecule has 1 aliphatic heterocycles. The number of methoxy groups -OCH3 is 1. The van der Waals surface area contributed by atoms with Gasteiger partial charge in [-0.2, -0.15) is 0 Å². The van der Waals surface area contributed by atoms with Gasteiger partial charge in [0.2, 0.25) is 11.8 Å². The van der Waals surface area contributed by atoms with Crippen molar-refractivity contribution < 1.29 is 19.4 Å². The Morgan fingerprint density at radius 3 is 2.89 bits per heavy atom. The number of amides is 1. The molecule has 1 fully saturated rings. The zero-order valence-corrected chi connectivity index (χ0v) is 11.2. The van der Waals surface area contributed by atoms with E-state index in [1.807, 2.05) is 0 Å². The molecule has 1 aromatic heterocycles. The molecule has 1 unspecified atom stereocenters. The first-order valence-electron chi connectivity index (χ1n) is 5.26. The number of carboxylic acid groups (broad SMARTS) is 1. The van der Waals surface area contributed by atoms with Crippen molar-refractivity contribution in [3.05, 3.63) is 16.7 Å². The maximum Gasteiger partial charge on any atom is 0.308 e. The van der Waals surface area contributed by atoms with Gasteiger partial charge in [0, 0.05) is 13.0 Å². The maximum atomic E-state index is 11.8. The van der Waals surface area contributed by atoms with Gasteiger partial charge in [-0.05, 0) is 28.1 Å². The number of anilines is 1. The van der Waals surface area contributed by atoms with E-state index in [1.165, 1.54) is 12.0 Å². The van der Waals surface area contributed by atoms with E-state index in [9.17, 15) is 9.59 Å². The van der Waals surface area contributed by atoms with Crippen LogP contribution in [0.25, 0.3) is 0 Å². The van der Waals surface area contributed by atoms with Crippen molar-refractivity contribution in [3.63, 3.8) is 0 Å². The highest BCUT2D eigenvalue weighted by molar-refractivity contribution is 9.10. The second-order valence-electron chi connectivity index (χ2n) is 3.91. The second kappa shape index (κ2) is 4.93. The maximum absolute atomic E-state index is 11.8. The van der Waals surface area contributed by atoms with E-state index >= 15 is 0 Å². The van der Waals surface area contributed by atoms with Crippen LogP contribution >= 0.6 is 15.9 Å². The third-order valence-electron chi connectivity index (χ3n) is 2.76. The number of rotatable bonds is 3. The average molecular weight is 315 g/mol. The normalized spacial score (nSPS) is 19.1. The zero-order valence-electron chi connectivity index (χ0n) is 9.59. The number of carboxylic acids is 1. The lowest BCUT2D eigenvalue weighted by atomic mass is 10.1. The average Bonchev–Trinajstić information content (AvgIpc) is 2.71. The molecule has 1 atom stereocenters. The van der Waals surface area contributed by atoms with E-state index in [-0.39, 0.29) is 18.9 Å². The van der Waals surface area contributed by atoms with Crippen LogP contribution in [0, 0.1) is 5.92 Å². The van der Waals surface area contributed by atoms with E-state index in [0.29, 0.717) is 16.2 Å². The van der Waals surface area contributed by atoms with Crippen molar-refractivity contribution >= 4 is 33.5 Å². The fraction of sp³-hybridized carbons (Fsp3) is 0.364. The SMILES string of the molecule is COc1nc(Br)ccc1N1CC(C(=O)O)CC1=O. The smallest absolute Gasteiger partial charge is 0.308 e. The van der Waals surface area contributed by atoms with Gasteiger partial charge in [-0.15, -0.1) is 0 Å². The molecule has 1 aliphatic rings. The minimum absolute atomic E-state index is 0.00848. The number of nitrogens with zero attached hydrogens (tertiary/aromatic N) is 2. The molecule has 0 aliphatic carbocycles. The molecule has 0 aromatic carbocycles. The first-order chi connectivity index (χ1) is 8.52. The predicted molar refractivity (Wildman–Crippen MR) is 66.6 cm³/mol. The van der Waals surface area contributed by atoms with Crippen LogP contribution in [0.5, 0.6) is 5.88 Å². The number of carbonyl (C=O) groups excluding carboxylic acids is 1.